The fraction of sp³-hybridized carbons (Fsp3) is 0.200. The van der Waals surface area contributed by atoms with Crippen LogP contribution in [0.25, 0.3) is 0 Å². The Labute approximate surface area is 140 Å². The van der Waals surface area contributed by atoms with Gasteiger partial charge in [0, 0.05) is 12.1 Å². The van der Waals surface area contributed by atoms with Gasteiger partial charge in [-0.05, 0) is 18.6 Å². The lowest BCUT2D eigenvalue weighted by molar-refractivity contribution is 0.414. The van der Waals surface area contributed by atoms with Crippen LogP contribution in [-0.4, -0.2) is 15.5 Å². The molecule has 0 saturated heterocycles. The van der Waals surface area contributed by atoms with Crippen molar-refractivity contribution in [3.63, 3.8) is 0 Å². The highest BCUT2D eigenvalue weighted by atomic mass is 35.5. The van der Waals surface area contributed by atoms with Gasteiger partial charge in [-0.2, -0.15) is 0 Å². The van der Waals surface area contributed by atoms with Gasteiger partial charge < -0.3 is 4.74 Å². The number of methoxy groups -OCH3 is 1. The molecule has 1 N–H and O–H groups in total. The predicted molar refractivity (Wildman–Crippen MR) is 88.2 cm³/mol. The Kier molecular flexibility index (Phi) is 5.34. The molecule has 0 aromatic heterocycles. The van der Waals surface area contributed by atoms with Crippen molar-refractivity contribution in [2.45, 2.75) is 17.9 Å². The minimum absolute atomic E-state index is 0.0500. The lowest BCUT2D eigenvalue weighted by atomic mass is 10.1. The summed E-state index contributed by atoms with van der Waals surface area (Å²) in [6.07, 6.45) is 0. The predicted octanol–water partition coefficient (Wildman–Crippen LogP) is 4.04. The summed E-state index contributed by atoms with van der Waals surface area (Å²) in [6.45, 7) is 1.76. The zero-order valence-electron chi connectivity index (χ0n) is 12.0. The van der Waals surface area contributed by atoms with Crippen LogP contribution in [0.15, 0.2) is 47.4 Å². The van der Waals surface area contributed by atoms with Gasteiger partial charge in [-0.3, -0.25) is 0 Å². The molecule has 0 saturated carbocycles. The van der Waals surface area contributed by atoms with E-state index in [0.717, 1.165) is 5.56 Å². The van der Waals surface area contributed by atoms with E-state index in [1.54, 1.807) is 6.92 Å². The molecule has 0 aliphatic rings. The van der Waals surface area contributed by atoms with Crippen molar-refractivity contribution in [2.75, 3.05) is 7.11 Å². The highest BCUT2D eigenvalue weighted by Gasteiger charge is 2.23. The summed E-state index contributed by atoms with van der Waals surface area (Å²) in [6, 6.07) is 11.5. The van der Waals surface area contributed by atoms with E-state index in [1.807, 2.05) is 30.3 Å². The first-order chi connectivity index (χ1) is 10.3. The third kappa shape index (κ3) is 3.73. The summed E-state index contributed by atoms with van der Waals surface area (Å²) < 4.78 is 32.6. The van der Waals surface area contributed by atoms with Crippen molar-refractivity contribution in [1.29, 1.82) is 0 Å². The molecule has 7 heteroatoms. The smallest absolute Gasteiger partial charge is 0.242 e. The van der Waals surface area contributed by atoms with E-state index in [-0.39, 0.29) is 14.9 Å². The van der Waals surface area contributed by atoms with Crippen molar-refractivity contribution >= 4 is 33.2 Å². The molecule has 2 rings (SSSR count). The number of sulfonamides is 1. The van der Waals surface area contributed by atoms with Crippen molar-refractivity contribution < 1.29 is 13.2 Å². The van der Waals surface area contributed by atoms with Gasteiger partial charge in [0.15, 0.2) is 0 Å². The van der Waals surface area contributed by atoms with Crippen LogP contribution in [0.1, 0.15) is 18.5 Å². The molecule has 2 aromatic carbocycles. The topological polar surface area (TPSA) is 55.4 Å². The molecule has 22 heavy (non-hydrogen) atoms. The molecule has 0 fully saturated rings. The molecule has 4 nitrogen and oxygen atoms in total. The van der Waals surface area contributed by atoms with Gasteiger partial charge >= 0.3 is 0 Å². The Morgan fingerprint density at radius 2 is 1.73 bits per heavy atom. The summed E-state index contributed by atoms with van der Waals surface area (Å²) in [5, 5.41) is 0.230. The highest BCUT2D eigenvalue weighted by molar-refractivity contribution is 7.89. The fourth-order valence-corrected chi connectivity index (χ4v) is 4.06. The van der Waals surface area contributed by atoms with Gasteiger partial charge in [0.05, 0.1) is 17.2 Å². The van der Waals surface area contributed by atoms with E-state index in [0.29, 0.717) is 5.75 Å². The normalized spacial score (nSPS) is 12.9. The third-order valence-corrected chi connectivity index (χ3v) is 5.43. The quantitative estimate of drug-likeness (QED) is 0.876. The van der Waals surface area contributed by atoms with Crippen molar-refractivity contribution in [2.24, 2.45) is 0 Å². The van der Waals surface area contributed by atoms with E-state index in [9.17, 15) is 8.42 Å². The summed E-state index contributed by atoms with van der Waals surface area (Å²) in [7, 11) is -2.38. The van der Waals surface area contributed by atoms with Gasteiger partial charge in [0.2, 0.25) is 10.0 Å². The third-order valence-electron chi connectivity index (χ3n) is 3.13. The van der Waals surface area contributed by atoms with E-state index in [2.05, 4.69) is 4.72 Å². The Bertz CT molecular complexity index is 764. The summed E-state index contributed by atoms with van der Waals surface area (Å²) in [5.41, 5.74) is 0.849. The monoisotopic (exact) mass is 359 g/mol. The zero-order chi connectivity index (χ0) is 16.3. The molecule has 0 heterocycles. The molecule has 0 unspecified atom stereocenters. The molecule has 1 atom stereocenters. The van der Waals surface area contributed by atoms with Crippen LogP contribution in [0.4, 0.5) is 0 Å². The van der Waals surface area contributed by atoms with Crippen LogP contribution >= 0.6 is 23.2 Å². The molecule has 0 aliphatic carbocycles. The second-order valence-electron chi connectivity index (χ2n) is 4.67. The minimum Gasteiger partial charge on any atom is -0.495 e. The van der Waals surface area contributed by atoms with E-state index < -0.39 is 16.1 Å². The number of halogens is 2. The Morgan fingerprint density at radius 3 is 2.32 bits per heavy atom. The van der Waals surface area contributed by atoms with Crippen LogP contribution in [0.5, 0.6) is 5.75 Å². The van der Waals surface area contributed by atoms with Crippen LogP contribution in [-0.2, 0) is 10.0 Å². The number of rotatable bonds is 5. The van der Waals surface area contributed by atoms with Gasteiger partial charge in [0.1, 0.15) is 10.6 Å². The van der Waals surface area contributed by atoms with Crippen molar-refractivity contribution in [1.82, 2.24) is 4.72 Å². The Hall–Kier alpha value is -1.27. The minimum atomic E-state index is -3.81. The maximum absolute atomic E-state index is 12.5. The summed E-state index contributed by atoms with van der Waals surface area (Å²) in [5.74, 6) is 0.321. The SMILES string of the molecule is COc1cc(Cl)c(S(=O)(=O)N[C@@H](C)c2ccccc2)cc1Cl. The van der Waals surface area contributed by atoms with Crippen LogP contribution < -0.4 is 9.46 Å². The van der Waals surface area contributed by atoms with Crippen molar-refractivity contribution in [3.8, 4) is 5.75 Å². The van der Waals surface area contributed by atoms with E-state index >= 15 is 0 Å². The van der Waals surface area contributed by atoms with E-state index in [1.165, 1.54) is 19.2 Å². The molecule has 0 aliphatic heterocycles. The van der Waals surface area contributed by atoms with Crippen LogP contribution in [0.2, 0.25) is 10.0 Å². The van der Waals surface area contributed by atoms with Crippen molar-refractivity contribution in [3.05, 3.63) is 58.1 Å². The molecule has 0 radical (unpaired) electrons. The number of ether oxygens (including phenoxy) is 1. The molecule has 118 valence electrons. The summed E-state index contributed by atoms with van der Waals surface area (Å²) in [4.78, 5) is -0.0808. The first-order valence-corrected chi connectivity index (χ1v) is 8.69. The molecule has 0 bridgehead atoms. The molecule has 2 aromatic rings. The second-order valence-corrected chi connectivity index (χ2v) is 7.17. The maximum atomic E-state index is 12.5. The van der Waals surface area contributed by atoms with Gasteiger partial charge in [0.25, 0.3) is 0 Å². The first-order valence-electron chi connectivity index (χ1n) is 6.45. The van der Waals surface area contributed by atoms with E-state index in [4.69, 9.17) is 27.9 Å². The lowest BCUT2D eigenvalue weighted by Gasteiger charge is -2.16. The molecule has 0 amide bonds. The average molecular weight is 360 g/mol. The highest BCUT2D eigenvalue weighted by Crippen LogP contribution is 2.33. The molecule has 0 spiro atoms. The molecular weight excluding hydrogens is 345 g/mol. The lowest BCUT2D eigenvalue weighted by Crippen LogP contribution is -2.27. The zero-order valence-corrected chi connectivity index (χ0v) is 14.3. The Morgan fingerprint density at radius 1 is 1.09 bits per heavy atom. The Balaban J connectivity index is 2.33. The van der Waals surface area contributed by atoms with Crippen LogP contribution in [0.3, 0.4) is 0 Å². The molecular formula is C15H15Cl2NO3S. The van der Waals surface area contributed by atoms with Gasteiger partial charge in [-0.15, -0.1) is 0 Å². The largest absolute Gasteiger partial charge is 0.495 e. The summed E-state index contributed by atoms with van der Waals surface area (Å²) >= 11 is 12.0. The van der Waals surface area contributed by atoms with Crippen LogP contribution in [0, 0.1) is 0 Å². The first kappa shape index (κ1) is 17.1. The second kappa shape index (κ2) is 6.87. The number of hydrogen-bond acceptors (Lipinski definition) is 3. The average Bonchev–Trinajstić information content (AvgIpc) is 2.49. The van der Waals surface area contributed by atoms with Gasteiger partial charge in [-0.1, -0.05) is 53.5 Å². The maximum Gasteiger partial charge on any atom is 0.242 e. The number of hydrogen-bond donors (Lipinski definition) is 1. The fourth-order valence-electron chi connectivity index (χ4n) is 1.98. The number of nitrogens with one attached hydrogen (secondary N) is 1. The standard InChI is InChI=1S/C15H15Cl2NO3S/c1-10(11-6-4-3-5-7-11)18-22(19,20)15-9-12(16)14(21-2)8-13(15)17/h3-10,18H,1-2H3/t10-/m0/s1. The number of benzene rings is 2. The van der Waals surface area contributed by atoms with Gasteiger partial charge in [-0.25, -0.2) is 13.1 Å².